The molecule has 0 heterocycles. The molecule has 0 N–H and O–H groups in total. The highest BCUT2D eigenvalue weighted by molar-refractivity contribution is 5.98. The van der Waals surface area contributed by atoms with Crippen LogP contribution in [-0.4, -0.2) is 11.6 Å². The van der Waals surface area contributed by atoms with Crippen LogP contribution in [0, 0.1) is 29.6 Å². The van der Waals surface area contributed by atoms with E-state index in [1.165, 1.54) is 19.3 Å². The van der Waals surface area contributed by atoms with Gasteiger partial charge in [-0.2, -0.15) is 0 Å². The molecule has 2 fully saturated rings. The summed E-state index contributed by atoms with van der Waals surface area (Å²) in [7, 11) is 0. The van der Waals surface area contributed by atoms with Gasteiger partial charge in [-0.05, 0) is 60.8 Å². The van der Waals surface area contributed by atoms with Gasteiger partial charge in [0.1, 0.15) is 5.78 Å². The molecule has 0 aliphatic heterocycles. The molecule has 0 radical (unpaired) electrons. The molecule has 4 aliphatic carbocycles. The zero-order chi connectivity index (χ0) is 12.3. The SMILES string of the molecule is Cl.O=C1CC2CC3CC3CCC3=CC(CC3=O)C2C1. The number of ketones is 2. The van der Waals surface area contributed by atoms with Gasteiger partial charge in [0.05, 0.1) is 0 Å². The van der Waals surface area contributed by atoms with Crippen molar-refractivity contribution in [1.29, 1.82) is 0 Å². The van der Waals surface area contributed by atoms with E-state index in [1.54, 1.807) is 0 Å². The van der Waals surface area contributed by atoms with Gasteiger partial charge in [0.15, 0.2) is 5.78 Å². The lowest BCUT2D eigenvalue weighted by molar-refractivity contribution is -0.118. The zero-order valence-corrected chi connectivity index (χ0v) is 12.0. The van der Waals surface area contributed by atoms with Crippen molar-refractivity contribution in [2.75, 3.05) is 0 Å². The average molecular weight is 281 g/mol. The molecule has 4 aliphatic rings. The molecule has 19 heavy (non-hydrogen) atoms. The van der Waals surface area contributed by atoms with Crippen LogP contribution in [0.5, 0.6) is 0 Å². The highest BCUT2D eigenvalue weighted by atomic mass is 35.5. The molecule has 2 nitrogen and oxygen atoms in total. The molecule has 4 rings (SSSR count). The van der Waals surface area contributed by atoms with Gasteiger partial charge in [0.2, 0.25) is 0 Å². The Labute approximate surface area is 120 Å². The fourth-order valence-corrected chi connectivity index (χ4v) is 4.65. The van der Waals surface area contributed by atoms with Crippen LogP contribution in [0.4, 0.5) is 0 Å². The number of carbonyl (C=O) groups excluding carboxylic acids is 2. The maximum absolute atomic E-state index is 12.0. The van der Waals surface area contributed by atoms with Gasteiger partial charge in [-0.3, -0.25) is 9.59 Å². The van der Waals surface area contributed by atoms with Gasteiger partial charge in [-0.15, -0.1) is 12.4 Å². The summed E-state index contributed by atoms with van der Waals surface area (Å²) >= 11 is 0. The highest BCUT2D eigenvalue weighted by Crippen LogP contribution is 2.53. The third-order valence-electron chi connectivity index (χ3n) is 5.76. The van der Waals surface area contributed by atoms with Crippen LogP contribution in [-0.2, 0) is 9.59 Å². The smallest absolute Gasteiger partial charge is 0.159 e. The van der Waals surface area contributed by atoms with Crippen molar-refractivity contribution in [2.24, 2.45) is 29.6 Å². The quantitative estimate of drug-likeness (QED) is 0.682. The first-order valence-corrected chi connectivity index (χ1v) is 7.46. The number of rotatable bonds is 0. The lowest BCUT2D eigenvalue weighted by atomic mass is 9.80. The normalized spacial score (nSPS) is 44.0. The van der Waals surface area contributed by atoms with E-state index in [2.05, 4.69) is 6.08 Å². The first-order valence-electron chi connectivity index (χ1n) is 7.46. The van der Waals surface area contributed by atoms with Crippen molar-refractivity contribution >= 4 is 24.0 Å². The minimum atomic E-state index is 0. The van der Waals surface area contributed by atoms with Crippen LogP contribution in [0.3, 0.4) is 0 Å². The van der Waals surface area contributed by atoms with Gasteiger partial charge >= 0.3 is 0 Å². The summed E-state index contributed by atoms with van der Waals surface area (Å²) in [5.41, 5.74) is 1.09. The minimum Gasteiger partial charge on any atom is -0.300 e. The summed E-state index contributed by atoms with van der Waals surface area (Å²) in [6, 6.07) is 0. The number of allylic oxidation sites excluding steroid dienone is 2. The third-order valence-corrected chi connectivity index (χ3v) is 5.76. The van der Waals surface area contributed by atoms with Gasteiger partial charge in [-0.1, -0.05) is 6.08 Å². The maximum Gasteiger partial charge on any atom is 0.159 e. The molecule has 0 aromatic heterocycles. The van der Waals surface area contributed by atoms with Crippen LogP contribution < -0.4 is 0 Å². The Balaban J connectivity index is 0.00000110. The molecule has 0 aromatic rings. The first-order chi connectivity index (χ1) is 8.70. The maximum atomic E-state index is 12.0. The molecule has 5 unspecified atom stereocenters. The topological polar surface area (TPSA) is 34.1 Å². The van der Waals surface area contributed by atoms with Gasteiger partial charge in [-0.25, -0.2) is 0 Å². The Kier molecular flexibility index (Phi) is 3.33. The van der Waals surface area contributed by atoms with E-state index in [1.807, 2.05) is 0 Å². The van der Waals surface area contributed by atoms with Crippen LogP contribution in [0.15, 0.2) is 11.6 Å². The lowest BCUT2D eigenvalue weighted by Gasteiger charge is -2.23. The first kappa shape index (κ1) is 13.4. The van der Waals surface area contributed by atoms with Crippen molar-refractivity contribution in [3.8, 4) is 0 Å². The van der Waals surface area contributed by atoms with Crippen molar-refractivity contribution < 1.29 is 9.59 Å². The molecular weight excluding hydrogens is 260 g/mol. The highest BCUT2D eigenvalue weighted by Gasteiger charge is 2.46. The fourth-order valence-electron chi connectivity index (χ4n) is 4.65. The Morgan fingerprint density at radius 2 is 1.74 bits per heavy atom. The summed E-state index contributed by atoms with van der Waals surface area (Å²) in [5, 5.41) is 0. The summed E-state index contributed by atoms with van der Waals surface area (Å²) in [6.07, 6.45) is 9.28. The standard InChI is InChI=1S/C16H20O2.ClH/c17-14-6-12-5-11-3-9(11)1-2-10-4-13(7-16(10)18)15(12)8-14;/h4,9,11-13,15H,1-3,5-8H2;1H. The predicted octanol–water partition coefficient (Wildman–Crippen LogP) is 3.34. The Bertz CT molecular complexity index is 454. The Morgan fingerprint density at radius 1 is 0.947 bits per heavy atom. The molecule has 0 saturated heterocycles. The average Bonchev–Trinajstić information content (AvgIpc) is 2.80. The van der Waals surface area contributed by atoms with Crippen LogP contribution in [0.1, 0.15) is 44.9 Å². The molecular formula is C16H21ClO2. The lowest BCUT2D eigenvalue weighted by Crippen LogP contribution is -2.17. The molecule has 5 atom stereocenters. The summed E-state index contributed by atoms with van der Waals surface area (Å²) < 4.78 is 0. The molecule has 3 heteroatoms. The van der Waals surface area contributed by atoms with E-state index in [9.17, 15) is 9.59 Å². The van der Waals surface area contributed by atoms with Crippen LogP contribution in [0.25, 0.3) is 0 Å². The zero-order valence-electron chi connectivity index (χ0n) is 11.1. The van der Waals surface area contributed by atoms with Crippen molar-refractivity contribution in [2.45, 2.75) is 44.9 Å². The van der Waals surface area contributed by atoms with Crippen molar-refractivity contribution in [1.82, 2.24) is 0 Å². The number of hydrogen-bond acceptors (Lipinski definition) is 2. The van der Waals surface area contributed by atoms with E-state index < -0.39 is 0 Å². The Hall–Kier alpha value is -0.630. The molecule has 0 aromatic carbocycles. The molecule has 2 bridgehead atoms. The number of hydrogen-bond donors (Lipinski definition) is 0. The second kappa shape index (κ2) is 4.73. The molecule has 0 spiro atoms. The predicted molar refractivity (Wildman–Crippen MR) is 75.1 cm³/mol. The summed E-state index contributed by atoms with van der Waals surface area (Å²) in [4.78, 5) is 23.8. The van der Waals surface area contributed by atoms with Gasteiger partial charge in [0.25, 0.3) is 0 Å². The number of halogens is 1. The van der Waals surface area contributed by atoms with Gasteiger partial charge < -0.3 is 0 Å². The second-order valence-electron chi connectivity index (χ2n) is 6.88. The number of fused-ring (bicyclic) bond motifs is 4. The van der Waals surface area contributed by atoms with E-state index in [4.69, 9.17) is 0 Å². The minimum absolute atomic E-state index is 0. The van der Waals surface area contributed by atoms with Gasteiger partial charge in [0, 0.05) is 19.3 Å². The van der Waals surface area contributed by atoms with Crippen LogP contribution in [0.2, 0.25) is 0 Å². The molecule has 104 valence electrons. The summed E-state index contributed by atoms with van der Waals surface area (Å²) in [5.74, 6) is 3.99. The fraction of sp³-hybridized carbons (Fsp3) is 0.750. The molecule has 2 saturated carbocycles. The number of carbonyl (C=O) groups is 2. The summed E-state index contributed by atoms with van der Waals surface area (Å²) in [6.45, 7) is 0. The van der Waals surface area contributed by atoms with Crippen LogP contribution >= 0.6 is 12.4 Å². The van der Waals surface area contributed by atoms with E-state index >= 15 is 0 Å². The van der Waals surface area contributed by atoms with E-state index in [-0.39, 0.29) is 12.4 Å². The van der Waals surface area contributed by atoms with Crippen molar-refractivity contribution in [3.63, 3.8) is 0 Å². The largest absolute Gasteiger partial charge is 0.300 e. The number of Topliss-reactive ketones (excluding diaryl/α,β-unsaturated/α-hetero) is 2. The van der Waals surface area contributed by atoms with E-state index in [0.29, 0.717) is 35.7 Å². The third kappa shape index (κ3) is 2.29. The Morgan fingerprint density at radius 3 is 2.58 bits per heavy atom. The van der Waals surface area contributed by atoms with Crippen molar-refractivity contribution in [3.05, 3.63) is 11.6 Å². The monoisotopic (exact) mass is 280 g/mol. The van der Waals surface area contributed by atoms with E-state index in [0.717, 1.165) is 36.7 Å². The molecule has 0 amide bonds. The second-order valence-corrected chi connectivity index (χ2v) is 6.88.